The largest absolute Gasteiger partial charge is 0.376 e. The first-order chi connectivity index (χ1) is 12.1. The fourth-order valence-corrected chi connectivity index (χ4v) is 3.25. The number of pyridine rings is 1. The van der Waals surface area contributed by atoms with Gasteiger partial charge in [0.1, 0.15) is 5.82 Å². The molecule has 25 heavy (non-hydrogen) atoms. The number of anilines is 1. The molecule has 0 spiro atoms. The van der Waals surface area contributed by atoms with E-state index in [1.807, 2.05) is 17.0 Å². The molecule has 0 aliphatic carbocycles. The number of thiocarbonyl (C=S) groups is 1. The molecule has 3 rings (SSSR count). The van der Waals surface area contributed by atoms with E-state index in [2.05, 4.69) is 10.3 Å². The maximum atomic E-state index is 14.2. The van der Waals surface area contributed by atoms with Crippen molar-refractivity contribution < 1.29 is 9.13 Å². The molecule has 1 fully saturated rings. The fourth-order valence-electron chi connectivity index (χ4n) is 2.77. The van der Waals surface area contributed by atoms with Gasteiger partial charge in [-0.1, -0.05) is 17.7 Å². The van der Waals surface area contributed by atoms with Crippen molar-refractivity contribution in [3.63, 3.8) is 0 Å². The molecule has 132 valence electrons. The third-order valence-electron chi connectivity index (χ3n) is 4.06. The minimum absolute atomic E-state index is 0.0826. The summed E-state index contributed by atoms with van der Waals surface area (Å²) in [5.74, 6) is -0.339. The average Bonchev–Trinajstić information content (AvgIpc) is 3.11. The minimum atomic E-state index is -0.339. The lowest BCUT2D eigenvalue weighted by molar-refractivity contribution is 0.0903. The molecular formula is C18H19ClFN3OS. The molecule has 0 amide bonds. The van der Waals surface area contributed by atoms with Crippen LogP contribution >= 0.6 is 23.8 Å². The second-order valence-corrected chi connectivity index (χ2v) is 6.68. The van der Waals surface area contributed by atoms with Crippen LogP contribution in [0, 0.1) is 5.82 Å². The number of nitrogens with zero attached hydrogens (tertiary/aromatic N) is 2. The van der Waals surface area contributed by atoms with Crippen molar-refractivity contribution in [2.24, 2.45) is 0 Å². The first kappa shape index (κ1) is 18.0. The molecule has 4 nitrogen and oxygen atoms in total. The van der Waals surface area contributed by atoms with Gasteiger partial charge in [-0.2, -0.15) is 0 Å². The zero-order valence-corrected chi connectivity index (χ0v) is 15.2. The summed E-state index contributed by atoms with van der Waals surface area (Å²) >= 11 is 11.7. The number of aromatic nitrogens is 1. The van der Waals surface area contributed by atoms with Crippen LogP contribution in [0.25, 0.3) is 0 Å². The Bertz CT molecular complexity index is 705. The highest BCUT2D eigenvalue weighted by molar-refractivity contribution is 7.80. The number of ether oxygens (including phenoxy) is 1. The fraction of sp³-hybridized carbons (Fsp3) is 0.333. The van der Waals surface area contributed by atoms with E-state index in [1.54, 1.807) is 24.5 Å². The van der Waals surface area contributed by atoms with Crippen LogP contribution in [0.3, 0.4) is 0 Å². The van der Waals surface area contributed by atoms with Gasteiger partial charge < -0.3 is 15.0 Å². The number of hydrogen-bond acceptors (Lipinski definition) is 3. The van der Waals surface area contributed by atoms with Gasteiger partial charge in [-0.15, -0.1) is 0 Å². The standard InChI is InChI=1S/C18H19ClFN3OS/c19-16-6-1-7-17(20)15(16)12-23(11-14-5-3-9-24-14)18(25)22-13-4-2-8-21-10-13/h1-2,4,6-8,10,14H,3,5,9,11-12H2,(H,22,25). The normalized spacial score (nSPS) is 16.6. The number of halogens is 2. The molecular weight excluding hydrogens is 361 g/mol. The summed E-state index contributed by atoms with van der Waals surface area (Å²) in [4.78, 5) is 5.96. The Hall–Kier alpha value is -1.76. The Kier molecular flexibility index (Phi) is 6.18. The van der Waals surface area contributed by atoms with Gasteiger partial charge in [0.15, 0.2) is 5.11 Å². The van der Waals surface area contributed by atoms with Crippen molar-refractivity contribution >= 4 is 34.6 Å². The molecule has 1 aliphatic rings. The molecule has 0 saturated carbocycles. The average molecular weight is 380 g/mol. The Morgan fingerprint density at radius 3 is 2.96 bits per heavy atom. The molecule has 1 N–H and O–H groups in total. The Balaban J connectivity index is 1.77. The molecule has 1 aliphatic heterocycles. The lowest BCUT2D eigenvalue weighted by atomic mass is 10.1. The summed E-state index contributed by atoms with van der Waals surface area (Å²) in [6.07, 6.45) is 5.46. The van der Waals surface area contributed by atoms with Crippen molar-refractivity contribution in [2.75, 3.05) is 18.5 Å². The van der Waals surface area contributed by atoms with Gasteiger partial charge in [-0.05, 0) is 49.3 Å². The highest BCUT2D eigenvalue weighted by atomic mass is 35.5. The molecule has 7 heteroatoms. The van der Waals surface area contributed by atoms with Gasteiger partial charge in [0.2, 0.25) is 0 Å². The van der Waals surface area contributed by atoms with Crippen molar-refractivity contribution in [3.8, 4) is 0 Å². The van der Waals surface area contributed by atoms with Crippen molar-refractivity contribution in [1.29, 1.82) is 0 Å². The van der Waals surface area contributed by atoms with E-state index in [9.17, 15) is 4.39 Å². The smallest absolute Gasteiger partial charge is 0.173 e. The van der Waals surface area contributed by atoms with Crippen molar-refractivity contribution in [2.45, 2.75) is 25.5 Å². The number of hydrogen-bond donors (Lipinski definition) is 1. The monoisotopic (exact) mass is 379 g/mol. The van der Waals surface area contributed by atoms with Crippen LogP contribution in [0.2, 0.25) is 5.02 Å². The Morgan fingerprint density at radius 1 is 1.40 bits per heavy atom. The summed E-state index contributed by atoms with van der Waals surface area (Å²) < 4.78 is 19.9. The van der Waals surface area contributed by atoms with E-state index in [0.717, 1.165) is 25.1 Å². The van der Waals surface area contributed by atoms with E-state index in [1.165, 1.54) is 6.07 Å². The first-order valence-electron chi connectivity index (χ1n) is 8.14. The van der Waals surface area contributed by atoms with E-state index >= 15 is 0 Å². The quantitative estimate of drug-likeness (QED) is 0.786. The molecule has 0 radical (unpaired) electrons. The third kappa shape index (κ3) is 4.87. The van der Waals surface area contributed by atoms with Crippen LogP contribution in [-0.2, 0) is 11.3 Å². The summed E-state index contributed by atoms with van der Waals surface area (Å²) in [5.41, 5.74) is 1.21. The zero-order chi connectivity index (χ0) is 17.6. The second-order valence-electron chi connectivity index (χ2n) is 5.89. The summed E-state index contributed by atoms with van der Waals surface area (Å²) in [5, 5.41) is 4.03. The van der Waals surface area contributed by atoms with Crippen LogP contribution < -0.4 is 5.32 Å². The summed E-state index contributed by atoms with van der Waals surface area (Å²) in [6, 6.07) is 8.38. The minimum Gasteiger partial charge on any atom is -0.376 e. The van der Waals surface area contributed by atoms with Gasteiger partial charge >= 0.3 is 0 Å². The zero-order valence-electron chi connectivity index (χ0n) is 13.6. The van der Waals surface area contributed by atoms with Gasteiger partial charge in [-0.25, -0.2) is 4.39 Å². The Morgan fingerprint density at radius 2 is 2.28 bits per heavy atom. The van der Waals surface area contributed by atoms with Gasteiger partial charge in [0, 0.05) is 36.5 Å². The number of benzene rings is 1. The molecule has 1 atom stereocenters. The van der Waals surface area contributed by atoms with Crippen LogP contribution in [0.1, 0.15) is 18.4 Å². The highest BCUT2D eigenvalue weighted by Gasteiger charge is 2.23. The predicted octanol–water partition coefficient (Wildman–Crippen LogP) is 4.25. The lowest BCUT2D eigenvalue weighted by Crippen LogP contribution is -2.39. The van der Waals surface area contributed by atoms with Crippen LogP contribution in [0.4, 0.5) is 10.1 Å². The third-order valence-corrected chi connectivity index (χ3v) is 4.77. The molecule has 1 aromatic heterocycles. The van der Waals surface area contributed by atoms with Gasteiger partial charge in [0.25, 0.3) is 0 Å². The number of rotatable bonds is 5. The highest BCUT2D eigenvalue weighted by Crippen LogP contribution is 2.23. The van der Waals surface area contributed by atoms with Crippen LogP contribution in [0.5, 0.6) is 0 Å². The topological polar surface area (TPSA) is 37.4 Å². The van der Waals surface area contributed by atoms with E-state index in [0.29, 0.717) is 22.2 Å². The lowest BCUT2D eigenvalue weighted by Gasteiger charge is -2.28. The summed E-state index contributed by atoms with van der Waals surface area (Å²) in [7, 11) is 0. The SMILES string of the molecule is Fc1cccc(Cl)c1CN(CC1CCCO1)C(=S)Nc1cccnc1. The Labute approximate surface area is 157 Å². The van der Waals surface area contributed by atoms with E-state index in [-0.39, 0.29) is 18.5 Å². The first-order valence-corrected chi connectivity index (χ1v) is 8.92. The number of nitrogens with one attached hydrogen (secondary N) is 1. The van der Waals surface area contributed by atoms with E-state index < -0.39 is 0 Å². The van der Waals surface area contributed by atoms with Crippen LogP contribution in [-0.4, -0.2) is 34.3 Å². The van der Waals surface area contributed by atoms with Crippen molar-refractivity contribution in [3.05, 3.63) is 59.1 Å². The maximum Gasteiger partial charge on any atom is 0.173 e. The molecule has 1 unspecified atom stereocenters. The molecule has 0 bridgehead atoms. The van der Waals surface area contributed by atoms with Gasteiger partial charge in [-0.3, -0.25) is 4.98 Å². The van der Waals surface area contributed by atoms with E-state index in [4.69, 9.17) is 28.6 Å². The maximum absolute atomic E-state index is 14.2. The second kappa shape index (κ2) is 8.56. The molecule has 1 saturated heterocycles. The van der Waals surface area contributed by atoms with Gasteiger partial charge in [0.05, 0.1) is 18.0 Å². The molecule has 2 heterocycles. The molecule has 1 aromatic carbocycles. The van der Waals surface area contributed by atoms with Crippen molar-refractivity contribution in [1.82, 2.24) is 9.88 Å². The molecule has 2 aromatic rings. The summed E-state index contributed by atoms with van der Waals surface area (Å²) in [6.45, 7) is 1.61. The predicted molar refractivity (Wildman–Crippen MR) is 101 cm³/mol. The van der Waals surface area contributed by atoms with Crippen LogP contribution in [0.15, 0.2) is 42.7 Å².